The van der Waals surface area contributed by atoms with E-state index in [1.807, 2.05) is 0 Å². The molecular formula is C15H26N2O. The van der Waals surface area contributed by atoms with Gasteiger partial charge in [-0.1, -0.05) is 19.8 Å². The first-order chi connectivity index (χ1) is 8.79. The van der Waals surface area contributed by atoms with E-state index in [1.54, 1.807) is 0 Å². The van der Waals surface area contributed by atoms with Gasteiger partial charge in [-0.25, -0.2) is 0 Å². The summed E-state index contributed by atoms with van der Waals surface area (Å²) in [5, 5.41) is 3.36. The van der Waals surface area contributed by atoms with Gasteiger partial charge in [0.15, 0.2) is 0 Å². The Balaban J connectivity index is 1.91. The van der Waals surface area contributed by atoms with Gasteiger partial charge in [0.1, 0.15) is 11.5 Å². The van der Waals surface area contributed by atoms with Gasteiger partial charge in [0.2, 0.25) is 0 Å². The fourth-order valence-corrected chi connectivity index (χ4v) is 2.62. The minimum Gasteiger partial charge on any atom is -0.465 e. The maximum absolute atomic E-state index is 5.87. The molecule has 3 heteroatoms. The first kappa shape index (κ1) is 13.6. The van der Waals surface area contributed by atoms with Crippen LogP contribution >= 0.6 is 0 Å². The van der Waals surface area contributed by atoms with Crippen LogP contribution in [0, 0.1) is 6.92 Å². The maximum Gasteiger partial charge on any atom is 0.118 e. The summed E-state index contributed by atoms with van der Waals surface area (Å²) in [6.45, 7) is 9.56. The first-order valence-corrected chi connectivity index (χ1v) is 7.31. The highest BCUT2D eigenvalue weighted by Gasteiger charge is 2.13. The van der Waals surface area contributed by atoms with Gasteiger partial charge in [0.05, 0.1) is 6.54 Å². The lowest BCUT2D eigenvalue weighted by atomic mass is 10.2. The van der Waals surface area contributed by atoms with Gasteiger partial charge in [-0.3, -0.25) is 4.90 Å². The average Bonchev–Trinajstić information content (AvgIpc) is 2.56. The van der Waals surface area contributed by atoms with Crippen molar-refractivity contribution in [3.8, 4) is 0 Å². The van der Waals surface area contributed by atoms with Crippen LogP contribution in [0.2, 0.25) is 0 Å². The second kappa shape index (κ2) is 6.95. The van der Waals surface area contributed by atoms with Crippen LogP contribution in [0.1, 0.15) is 49.7 Å². The van der Waals surface area contributed by atoms with Crippen molar-refractivity contribution in [3.05, 3.63) is 23.2 Å². The number of hydrogen-bond acceptors (Lipinski definition) is 3. The fourth-order valence-electron chi connectivity index (χ4n) is 2.62. The molecule has 0 unspecified atom stereocenters. The Hall–Kier alpha value is -0.800. The summed E-state index contributed by atoms with van der Waals surface area (Å²) in [4.78, 5) is 2.53. The molecule has 1 aliphatic heterocycles. The predicted molar refractivity (Wildman–Crippen MR) is 74.6 cm³/mol. The Kier molecular flexibility index (Phi) is 5.26. The van der Waals surface area contributed by atoms with E-state index >= 15 is 0 Å². The molecule has 102 valence electrons. The second-order valence-corrected chi connectivity index (χ2v) is 5.26. The summed E-state index contributed by atoms with van der Waals surface area (Å²) in [5.74, 6) is 2.20. The molecule has 1 aromatic rings. The van der Waals surface area contributed by atoms with Gasteiger partial charge >= 0.3 is 0 Å². The van der Waals surface area contributed by atoms with Gasteiger partial charge < -0.3 is 9.73 Å². The van der Waals surface area contributed by atoms with Crippen molar-refractivity contribution in [1.29, 1.82) is 0 Å². The van der Waals surface area contributed by atoms with E-state index in [0.717, 1.165) is 31.2 Å². The van der Waals surface area contributed by atoms with Crippen molar-refractivity contribution in [2.75, 3.05) is 19.6 Å². The lowest BCUT2D eigenvalue weighted by molar-refractivity contribution is 0.251. The highest BCUT2D eigenvalue weighted by Crippen LogP contribution is 2.18. The third kappa shape index (κ3) is 3.85. The van der Waals surface area contributed by atoms with Gasteiger partial charge in [-0.2, -0.15) is 0 Å². The van der Waals surface area contributed by atoms with Crippen LogP contribution < -0.4 is 5.32 Å². The van der Waals surface area contributed by atoms with E-state index in [9.17, 15) is 0 Å². The molecule has 0 radical (unpaired) electrons. The molecule has 0 bridgehead atoms. The summed E-state index contributed by atoms with van der Waals surface area (Å²) in [7, 11) is 0. The van der Waals surface area contributed by atoms with Crippen LogP contribution in [0.25, 0.3) is 0 Å². The molecule has 1 fully saturated rings. The van der Waals surface area contributed by atoms with Gasteiger partial charge in [0, 0.05) is 12.1 Å². The Bertz CT molecular complexity index is 351. The van der Waals surface area contributed by atoms with Crippen molar-refractivity contribution < 1.29 is 4.42 Å². The third-order valence-corrected chi connectivity index (χ3v) is 3.72. The van der Waals surface area contributed by atoms with Crippen molar-refractivity contribution in [2.24, 2.45) is 0 Å². The molecule has 1 saturated heterocycles. The number of rotatable bonds is 5. The zero-order valence-electron chi connectivity index (χ0n) is 11.8. The van der Waals surface area contributed by atoms with E-state index in [4.69, 9.17) is 4.42 Å². The smallest absolute Gasteiger partial charge is 0.118 e. The first-order valence-electron chi connectivity index (χ1n) is 7.31. The van der Waals surface area contributed by atoms with Crippen molar-refractivity contribution in [2.45, 2.75) is 52.6 Å². The minimum atomic E-state index is 0.922. The summed E-state index contributed by atoms with van der Waals surface area (Å²) in [6, 6.07) is 2.23. The van der Waals surface area contributed by atoms with Crippen molar-refractivity contribution in [1.82, 2.24) is 10.2 Å². The van der Waals surface area contributed by atoms with Crippen LogP contribution in [0.5, 0.6) is 0 Å². The number of hydrogen-bond donors (Lipinski definition) is 1. The zero-order valence-corrected chi connectivity index (χ0v) is 11.8. The number of nitrogens with zero attached hydrogens (tertiary/aromatic N) is 1. The number of likely N-dealkylation sites (tertiary alicyclic amines) is 1. The molecule has 0 aliphatic carbocycles. The molecule has 2 rings (SSSR count). The van der Waals surface area contributed by atoms with E-state index in [-0.39, 0.29) is 0 Å². The third-order valence-electron chi connectivity index (χ3n) is 3.72. The minimum absolute atomic E-state index is 0.922. The van der Waals surface area contributed by atoms with E-state index < -0.39 is 0 Å². The van der Waals surface area contributed by atoms with E-state index in [1.165, 1.54) is 44.3 Å². The molecular weight excluding hydrogens is 224 g/mol. The molecule has 1 aliphatic rings. The lowest BCUT2D eigenvalue weighted by Gasteiger charge is -2.17. The molecule has 1 N–H and O–H groups in total. The van der Waals surface area contributed by atoms with Crippen LogP contribution in [0.3, 0.4) is 0 Å². The average molecular weight is 250 g/mol. The summed E-state index contributed by atoms with van der Waals surface area (Å²) in [6.07, 6.45) is 5.45. The SMILES string of the molecule is CCNCc1cc(CN2CCCCCC2)oc1C. The molecule has 0 saturated carbocycles. The maximum atomic E-state index is 5.87. The summed E-state index contributed by atoms with van der Waals surface area (Å²) >= 11 is 0. The molecule has 0 amide bonds. The fraction of sp³-hybridized carbons (Fsp3) is 0.733. The molecule has 18 heavy (non-hydrogen) atoms. The Morgan fingerprint density at radius 3 is 2.61 bits per heavy atom. The largest absolute Gasteiger partial charge is 0.465 e. The van der Waals surface area contributed by atoms with Crippen LogP contribution in [-0.4, -0.2) is 24.5 Å². The van der Waals surface area contributed by atoms with Crippen LogP contribution in [0.4, 0.5) is 0 Å². The highest BCUT2D eigenvalue weighted by molar-refractivity contribution is 5.20. The molecule has 2 heterocycles. The molecule has 0 aromatic carbocycles. The Labute approximate surface area is 111 Å². The number of aryl methyl sites for hydroxylation is 1. The van der Waals surface area contributed by atoms with Crippen LogP contribution in [0.15, 0.2) is 10.5 Å². The highest BCUT2D eigenvalue weighted by atomic mass is 16.3. The van der Waals surface area contributed by atoms with Crippen molar-refractivity contribution >= 4 is 0 Å². The van der Waals surface area contributed by atoms with Crippen LogP contribution in [-0.2, 0) is 13.1 Å². The lowest BCUT2D eigenvalue weighted by Crippen LogP contribution is -2.23. The van der Waals surface area contributed by atoms with E-state index in [0.29, 0.717) is 0 Å². The quantitative estimate of drug-likeness (QED) is 0.870. The molecule has 1 aromatic heterocycles. The zero-order chi connectivity index (χ0) is 12.8. The predicted octanol–water partition coefficient (Wildman–Crippen LogP) is 3.07. The topological polar surface area (TPSA) is 28.4 Å². The normalized spacial score (nSPS) is 17.9. The molecule has 0 spiro atoms. The van der Waals surface area contributed by atoms with Gasteiger partial charge in [0.25, 0.3) is 0 Å². The van der Waals surface area contributed by atoms with Crippen molar-refractivity contribution in [3.63, 3.8) is 0 Å². The molecule has 0 atom stereocenters. The van der Waals surface area contributed by atoms with Gasteiger partial charge in [-0.15, -0.1) is 0 Å². The van der Waals surface area contributed by atoms with E-state index in [2.05, 4.69) is 30.1 Å². The number of nitrogens with one attached hydrogen (secondary N) is 1. The van der Waals surface area contributed by atoms with Gasteiger partial charge in [-0.05, 0) is 45.5 Å². The molecule has 3 nitrogen and oxygen atoms in total. The summed E-state index contributed by atoms with van der Waals surface area (Å²) < 4.78 is 5.87. The second-order valence-electron chi connectivity index (χ2n) is 5.26. The Morgan fingerprint density at radius 2 is 1.94 bits per heavy atom. The number of furan rings is 1. The summed E-state index contributed by atoms with van der Waals surface area (Å²) in [5.41, 5.74) is 1.31. The standard InChI is InChI=1S/C15H26N2O/c1-3-16-11-14-10-15(18-13(14)2)12-17-8-6-4-5-7-9-17/h10,16H,3-9,11-12H2,1-2H3. The monoisotopic (exact) mass is 250 g/mol. The Morgan fingerprint density at radius 1 is 1.22 bits per heavy atom.